The van der Waals surface area contributed by atoms with Gasteiger partial charge in [0, 0.05) is 38.8 Å². The standard InChI is InChI=1S/C18H29FN4O2S/c1-18(2)13-23(8-9-26(18,24)25)17(20-3)21-11-14-6-7-16(19)15(10-14)12-22(4)5/h6-7,10H,8-9,11-13H2,1-5H3,(H,20,21). The summed E-state index contributed by atoms with van der Waals surface area (Å²) in [6.45, 7) is 5.33. The molecule has 0 spiro atoms. The molecule has 0 atom stereocenters. The average molecular weight is 385 g/mol. The van der Waals surface area contributed by atoms with Crippen molar-refractivity contribution >= 4 is 15.8 Å². The van der Waals surface area contributed by atoms with E-state index in [1.165, 1.54) is 6.07 Å². The van der Waals surface area contributed by atoms with Crippen LogP contribution in [0.25, 0.3) is 0 Å². The molecule has 1 aliphatic heterocycles. The Morgan fingerprint density at radius 2 is 2.08 bits per heavy atom. The van der Waals surface area contributed by atoms with Crippen LogP contribution in [-0.2, 0) is 22.9 Å². The van der Waals surface area contributed by atoms with E-state index < -0.39 is 14.6 Å². The number of halogens is 1. The Bertz CT molecular complexity index is 775. The molecule has 6 nitrogen and oxygen atoms in total. The SMILES string of the molecule is CN=C(NCc1ccc(F)c(CN(C)C)c1)N1CCS(=O)(=O)C(C)(C)C1. The summed E-state index contributed by atoms with van der Waals surface area (Å²) in [7, 11) is 2.39. The van der Waals surface area contributed by atoms with Gasteiger partial charge in [0.15, 0.2) is 15.8 Å². The van der Waals surface area contributed by atoms with E-state index in [2.05, 4.69) is 10.3 Å². The summed E-state index contributed by atoms with van der Waals surface area (Å²) in [5, 5.41) is 3.27. The summed E-state index contributed by atoms with van der Waals surface area (Å²) in [6, 6.07) is 5.08. The fourth-order valence-corrected chi connectivity index (χ4v) is 4.40. The van der Waals surface area contributed by atoms with Gasteiger partial charge >= 0.3 is 0 Å². The molecule has 0 amide bonds. The highest BCUT2D eigenvalue weighted by atomic mass is 32.2. The van der Waals surface area contributed by atoms with Gasteiger partial charge in [0.25, 0.3) is 0 Å². The van der Waals surface area contributed by atoms with Gasteiger partial charge in [0.05, 0.1) is 10.5 Å². The first-order chi connectivity index (χ1) is 12.1. The maximum absolute atomic E-state index is 13.9. The monoisotopic (exact) mass is 384 g/mol. The zero-order valence-corrected chi connectivity index (χ0v) is 17.0. The van der Waals surface area contributed by atoms with Crippen LogP contribution in [0.2, 0.25) is 0 Å². The molecular weight excluding hydrogens is 355 g/mol. The van der Waals surface area contributed by atoms with Gasteiger partial charge in [-0.3, -0.25) is 4.99 Å². The van der Waals surface area contributed by atoms with Crippen molar-refractivity contribution in [2.45, 2.75) is 31.7 Å². The van der Waals surface area contributed by atoms with Crippen molar-refractivity contribution in [2.75, 3.05) is 40.0 Å². The number of hydrogen-bond donors (Lipinski definition) is 1. The number of rotatable bonds is 4. The first-order valence-electron chi connectivity index (χ1n) is 8.65. The summed E-state index contributed by atoms with van der Waals surface area (Å²) in [5.41, 5.74) is 1.60. The van der Waals surface area contributed by atoms with Crippen LogP contribution >= 0.6 is 0 Å². The van der Waals surface area contributed by atoms with E-state index in [1.807, 2.05) is 30.0 Å². The van der Waals surface area contributed by atoms with Crippen molar-refractivity contribution < 1.29 is 12.8 Å². The summed E-state index contributed by atoms with van der Waals surface area (Å²) in [6.07, 6.45) is 0. The van der Waals surface area contributed by atoms with E-state index in [4.69, 9.17) is 0 Å². The van der Waals surface area contributed by atoms with Crippen LogP contribution in [0.5, 0.6) is 0 Å². The smallest absolute Gasteiger partial charge is 0.193 e. The largest absolute Gasteiger partial charge is 0.352 e. The third kappa shape index (κ3) is 4.73. The molecule has 1 N–H and O–H groups in total. The second kappa shape index (κ2) is 7.92. The number of nitrogens with zero attached hydrogens (tertiary/aromatic N) is 3. The highest BCUT2D eigenvalue weighted by molar-refractivity contribution is 7.92. The van der Waals surface area contributed by atoms with Crippen LogP contribution in [0.4, 0.5) is 4.39 Å². The van der Waals surface area contributed by atoms with Crippen molar-refractivity contribution in [3.63, 3.8) is 0 Å². The average Bonchev–Trinajstić information content (AvgIpc) is 2.53. The van der Waals surface area contributed by atoms with E-state index >= 15 is 0 Å². The second-order valence-electron chi connectivity index (χ2n) is 7.56. The Balaban J connectivity index is 2.06. The third-order valence-electron chi connectivity index (χ3n) is 4.60. The van der Waals surface area contributed by atoms with Crippen LogP contribution in [0.15, 0.2) is 23.2 Å². The molecule has 146 valence electrons. The van der Waals surface area contributed by atoms with Crippen LogP contribution in [0.3, 0.4) is 0 Å². The van der Waals surface area contributed by atoms with Gasteiger partial charge in [-0.25, -0.2) is 12.8 Å². The molecule has 26 heavy (non-hydrogen) atoms. The molecule has 1 fully saturated rings. The number of hydrogen-bond acceptors (Lipinski definition) is 4. The van der Waals surface area contributed by atoms with Crippen molar-refractivity contribution in [3.8, 4) is 0 Å². The zero-order valence-electron chi connectivity index (χ0n) is 16.2. The van der Waals surface area contributed by atoms with Gasteiger partial charge in [-0.1, -0.05) is 6.07 Å². The summed E-state index contributed by atoms with van der Waals surface area (Å²) in [5.74, 6) is 0.561. The Morgan fingerprint density at radius 1 is 1.38 bits per heavy atom. The van der Waals surface area contributed by atoms with E-state index in [0.29, 0.717) is 37.7 Å². The Hall–Kier alpha value is -1.67. The molecule has 8 heteroatoms. The van der Waals surface area contributed by atoms with Crippen LogP contribution in [0, 0.1) is 5.82 Å². The predicted molar refractivity (Wildman–Crippen MR) is 103 cm³/mol. The highest BCUT2D eigenvalue weighted by Crippen LogP contribution is 2.23. The summed E-state index contributed by atoms with van der Waals surface area (Å²) in [4.78, 5) is 8.17. The van der Waals surface area contributed by atoms with Crippen molar-refractivity contribution in [3.05, 3.63) is 35.1 Å². The molecule has 0 aromatic heterocycles. The fraction of sp³-hybridized carbons (Fsp3) is 0.611. The van der Waals surface area contributed by atoms with Gasteiger partial charge in [0.2, 0.25) is 0 Å². The van der Waals surface area contributed by atoms with Gasteiger partial charge in [0.1, 0.15) is 5.82 Å². The lowest BCUT2D eigenvalue weighted by Gasteiger charge is -2.39. The van der Waals surface area contributed by atoms with E-state index in [0.717, 1.165) is 5.56 Å². The zero-order chi connectivity index (χ0) is 19.5. The van der Waals surface area contributed by atoms with E-state index in [9.17, 15) is 12.8 Å². The van der Waals surface area contributed by atoms with Gasteiger partial charge in [-0.05, 0) is 45.6 Å². The maximum Gasteiger partial charge on any atom is 0.193 e. The number of sulfone groups is 1. The first kappa shape index (κ1) is 20.6. The molecule has 1 aliphatic rings. The highest BCUT2D eigenvalue weighted by Gasteiger charge is 2.40. The Morgan fingerprint density at radius 3 is 2.65 bits per heavy atom. The second-order valence-corrected chi connectivity index (χ2v) is 10.3. The molecule has 1 aromatic carbocycles. The van der Waals surface area contributed by atoms with Crippen molar-refractivity contribution in [2.24, 2.45) is 4.99 Å². The predicted octanol–water partition coefficient (Wildman–Crippen LogP) is 1.47. The molecule has 0 bridgehead atoms. The maximum atomic E-state index is 13.9. The molecule has 0 aliphatic carbocycles. The summed E-state index contributed by atoms with van der Waals surface area (Å²) < 4.78 is 37.4. The molecule has 1 saturated heterocycles. The third-order valence-corrected chi connectivity index (χ3v) is 7.14. The summed E-state index contributed by atoms with van der Waals surface area (Å²) >= 11 is 0. The van der Waals surface area contributed by atoms with Gasteiger partial charge < -0.3 is 15.1 Å². The minimum Gasteiger partial charge on any atom is -0.352 e. The first-order valence-corrected chi connectivity index (χ1v) is 10.3. The minimum absolute atomic E-state index is 0.115. The van der Waals surface area contributed by atoms with Crippen LogP contribution < -0.4 is 5.32 Å². The number of aliphatic imine (C=N–C) groups is 1. The number of nitrogens with one attached hydrogen (secondary N) is 1. The fourth-order valence-electron chi connectivity index (χ4n) is 3.04. The molecule has 2 rings (SSSR count). The van der Waals surface area contributed by atoms with Gasteiger partial charge in [-0.2, -0.15) is 0 Å². The molecular formula is C18H29FN4O2S. The van der Waals surface area contributed by atoms with Gasteiger partial charge in [-0.15, -0.1) is 0 Å². The van der Waals surface area contributed by atoms with Crippen molar-refractivity contribution in [1.82, 2.24) is 15.1 Å². The van der Waals surface area contributed by atoms with Crippen LogP contribution in [-0.4, -0.2) is 68.9 Å². The normalized spacial score (nSPS) is 19.7. The Labute approximate surface area is 156 Å². The van der Waals surface area contributed by atoms with Crippen LogP contribution in [0.1, 0.15) is 25.0 Å². The molecule has 0 saturated carbocycles. The van der Waals surface area contributed by atoms with Crippen molar-refractivity contribution in [1.29, 1.82) is 0 Å². The van der Waals surface area contributed by atoms with E-state index in [-0.39, 0.29) is 11.6 Å². The number of benzene rings is 1. The molecule has 0 radical (unpaired) electrons. The topological polar surface area (TPSA) is 65.0 Å². The quantitative estimate of drug-likeness (QED) is 0.629. The molecule has 1 heterocycles. The lowest BCUT2D eigenvalue weighted by atomic mass is 10.1. The minimum atomic E-state index is -3.10. The molecule has 0 unspecified atom stereocenters. The Kier molecular flexibility index (Phi) is 6.29. The number of guanidine groups is 1. The van der Waals surface area contributed by atoms with E-state index in [1.54, 1.807) is 27.0 Å². The molecule has 1 aromatic rings. The lowest BCUT2D eigenvalue weighted by Crippen LogP contribution is -2.57. The lowest BCUT2D eigenvalue weighted by molar-refractivity contribution is 0.353.